The minimum atomic E-state index is -0.715. The third-order valence-electron chi connectivity index (χ3n) is 5.47. The maximum Gasteiger partial charge on any atom is 0.162 e. The molecule has 1 aliphatic rings. The number of aldehydes is 1. The third-order valence-corrected chi connectivity index (χ3v) is 6.84. The van der Waals surface area contributed by atoms with Gasteiger partial charge >= 0.3 is 0 Å². The normalized spacial score (nSPS) is 17.0. The van der Waals surface area contributed by atoms with E-state index in [4.69, 9.17) is 0 Å². The smallest absolute Gasteiger partial charge is 0.162 e. The molecule has 2 aromatic carbocycles. The molecule has 29 heavy (non-hydrogen) atoms. The van der Waals surface area contributed by atoms with Crippen LogP contribution < -0.4 is 10.0 Å². The van der Waals surface area contributed by atoms with E-state index in [0.717, 1.165) is 28.8 Å². The van der Waals surface area contributed by atoms with Crippen molar-refractivity contribution in [3.05, 3.63) is 117 Å². The zero-order chi connectivity index (χ0) is 19.7. The summed E-state index contributed by atoms with van der Waals surface area (Å²) < 4.78 is 0.265. The molecule has 0 radical (unpaired) electrons. The molecule has 3 heterocycles. The molecule has 0 bridgehead atoms. The summed E-state index contributed by atoms with van der Waals surface area (Å²) in [5, 5.41) is 8.37. The highest BCUT2D eigenvalue weighted by molar-refractivity contribution is 7.08. The Balaban J connectivity index is 1.82. The monoisotopic (exact) mass is 415 g/mol. The maximum absolute atomic E-state index is 12.5. The van der Waals surface area contributed by atoms with Crippen LogP contribution >= 0.6 is 22.7 Å². The van der Waals surface area contributed by atoms with Gasteiger partial charge in [-0.05, 0) is 44.8 Å². The molecule has 142 valence electrons. The summed E-state index contributed by atoms with van der Waals surface area (Å²) in [4.78, 5) is 12.5. The van der Waals surface area contributed by atoms with Crippen LogP contribution in [-0.4, -0.2) is 6.29 Å². The number of rotatable bonds is 5. The molecule has 1 N–H and O–H groups in total. The second-order valence-electron chi connectivity index (χ2n) is 6.98. The van der Waals surface area contributed by atoms with Gasteiger partial charge < -0.3 is 0 Å². The van der Waals surface area contributed by atoms with Crippen LogP contribution in [0, 0.1) is 0 Å². The Morgan fingerprint density at radius 2 is 1.28 bits per heavy atom. The predicted octanol–water partition coefficient (Wildman–Crippen LogP) is 5.99. The van der Waals surface area contributed by atoms with Gasteiger partial charge in [0.15, 0.2) is 23.2 Å². The molecule has 0 atom stereocenters. The third kappa shape index (κ3) is 2.74. The SMILES string of the molecule is O=CC1=C[N+](c2ccccc2)(c2ccccc2)NC1(c1ccsc1)c1ccsc1. The van der Waals surface area contributed by atoms with E-state index in [9.17, 15) is 4.79 Å². The average Bonchev–Trinajstić information content (AvgIpc) is 3.55. The molecule has 0 fully saturated rings. The Morgan fingerprint density at radius 1 is 0.759 bits per heavy atom. The van der Waals surface area contributed by atoms with E-state index >= 15 is 0 Å². The van der Waals surface area contributed by atoms with E-state index in [1.807, 2.05) is 42.6 Å². The van der Waals surface area contributed by atoms with Crippen LogP contribution in [-0.2, 0) is 10.3 Å². The second kappa shape index (κ2) is 7.21. The zero-order valence-electron chi connectivity index (χ0n) is 15.6. The van der Waals surface area contributed by atoms with Crippen molar-refractivity contribution in [2.24, 2.45) is 0 Å². The lowest BCUT2D eigenvalue weighted by Gasteiger charge is -2.36. The van der Waals surface area contributed by atoms with Gasteiger partial charge in [0.05, 0.1) is 5.57 Å². The molecule has 4 aromatic rings. The number of benzene rings is 2. The summed E-state index contributed by atoms with van der Waals surface area (Å²) in [6, 6.07) is 24.7. The first-order valence-corrected chi connectivity index (χ1v) is 11.2. The Hall–Kier alpha value is -2.83. The summed E-state index contributed by atoms with van der Waals surface area (Å²) in [5.41, 5.74) is 8.12. The summed E-state index contributed by atoms with van der Waals surface area (Å²) in [7, 11) is 0. The molecule has 0 saturated carbocycles. The highest BCUT2D eigenvalue weighted by atomic mass is 32.1. The number of hydrogen-bond acceptors (Lipinski definition) is 4. The van der Waals surface area contributed by atoms with Gasteiger partial charge in [0, 0.05) is 24.3 Å². The van der Waals surface area contributed by atoms with Crippen LogP contribution in [0.1, 0.15) is 11.1 Å². The molecule has 0 unspecified atom stereocenters. The molecule has 0 aliphatic carbocycles. The molecule has 0 spiro atoms. The molecule has 2 aromatic heterocycles. The summed E-state index contributed by atoms with van der Waals surface area (Å²) in [6.45, 7) is 0. The number of para-hydroxylation sites is 2. The van der Waals surface area contributed by atoms with Crippen molar-refractivity contribution in [3.8, 4) is 0 Å². The summed E-state index contributed by atoms with van der Waals surface area (Å²) >= 11 is 3.28. The van der Waals surface area contributed by atoms with Gasteiger partial charge in [0.2, 0.25) is 0 Å². The number of nitrogens with zero attached hydrogens (tertiary/aromatic N) is 1. The largest absolute Gasteiger partial charge is 0.298 e. The van der Waals surface area contributed by atoms with Gasteiger partial charge in [-0.3, -0.25) is 4.79 Å². The Morgan fingerprint density at radius 3 is 1.69 bits per heavy atom. The number of thiophene rings is 2. The van der Waals surface area contributed by atoms with Gasteiger partial charge in [-0.2, -0.15) is 27.3 Å². The van der Waals surface area contributed by atoms with Crippen LogP contribution in [0.15, 0.2) is 106 Å². The maximum atomic E-state index is 12.5. The van der Waals surface area contributed by atoms with E-state index in [1.54, 1.807) is 22.7 Å². The Labute approximate surface area is 177 Å². The Kier molecular flexibility index (Phi) is 4.53. The quantitative estimate of drug-likeness (QED) is 0.320. The highest BCUT2D eigenvalue weighted by Gasteiger charge is 2.55. The van der Waals surface area contributed by atoms with Crippen molar-refractivity contribution in [2.75, 3.05) is 0 Å². The molecule has 1 aliphatic heterocycles. The van der Waals surface area contributed by atoms with Gasteiger partial charge in [-0.25, -0.2) is 0 Å². The van der Waals surface area contributed by atoms with E-state index < -0.39 is 5.54 Å². The van der Waals surface area contributed by atoms with Gasteiger partial charge in [0.1, 0.15) is 6.20 Å². The highest BCUT2D eigenvalue weighted by Crippen LogP contribution is 2.48. The fraction of sp³-hybridized carbons (Fsp3) is 0.0417. The summed E-state index contributed by atoms with van der Waals surface area (Å²) in [5.74, 6) is 0. The lowest BCUT2D eigenvalue weighted by Crippen LogP contribution is -2.56. The predicted molar refractivity (Wildman–Crippen MR) is 121 cm³/mol. The second-order valence-corrected chi connectivity index (χ2v) is 8.54. The van der Waals surface area contributed by atoms with Crippen molar-refractivity contribution in [2.45, 2.75) is 5.54 Å². The van der Waals surface area contributed by atoms with Crippen molar-refractivity contribution in [3.63, 3.8) is 0 Å². The Bertz CT molecular complexity index is 1060. The molecule has 5 rings (SSSR count). The van der Waals surface area contributed by atoms with E-state index in [2.05, 4.69) is 63.3 Å². The van der Waals surface area contributed by atoms with Crippen molar-refractivity contribution >= 4 is 40.3 Å². The van der Waals surface area contributed by atoms with E-state index in [-0.39, 0.29) is 4.59 Å². The summed E-state index contributed by atoms with van der Waals surface area (Å²) in [6.07, 6.45) is 3.04. The van der Waals surface area contributed by atoms with Crippen LogP contribution in [0.3, 0.4) is 0 Å². The van der Waals surface area contributed by atoms with Gasteiger partial charge in [-0.15, -0.1) is 5.43 Å². The fourth-order valence-corrected chi connectivity index (χ4v) is 5.54. The number of carbonyl (C=O) groups is 1. The number of carbonyl (C=O) groups excluding carboxylic acids is 1. The van der Waals surface area contributed by atoms with Gasteiger partial charge in [0.25, 0.3) is 0 Å². The first kappa shape index (κ1) is 18.2. The zero-order valence-corrected chi connectivity index (χ0v) is 17.2. The fourth-order valence-electron chi connectivity index (χ4n) is 4.12. The van der Waals surface area contributed by atoms with Crippen molar-refractivity contribution in [1.29, 1.82) is 0 Å². The number of hydrogen-bond donors (Lipinski definition) is 1. The minimum Gasteiger partial charge on any atom is -0.298 e. The number of nitrogens with one attached hydrogen (secondary N) is 1. The van der Waals surface area contributed by atoms with Crippen LogP contribution in [0.25, 0.3) is 0 Å². The first-order chi connectivity index (χ1) is 14.3. The van der Waals surface area contributed by atoms with Gasteiger partial charge in [-0.1, -0.05) is 36.4 Å². The topological polar surface area (TPSA) is 29.1 Å². The molecule has 0 saturated heterocycles. The standard InChI is InChI=1S/C24H19N2OS2/c27-16-21-15-26(22-7-3-1-4-8-22,23-9-5-2-6-10-23)25-24(21,19-11-13-28-17-19)20-12-14-29-18-20/h1-18,25H/q+1. The van der Waals surface area contributed by atoms with Crippen molar-refractivity contribution in [1.82, 2.24) is 10.0 Å². The van der Waals surface area contributed by atoms with Crippen LogP contribution in [0.4, 0.5) is 11.4 Å². The lowest BCUT2D eigenvalue weighted by atomic mass is 9.81. The molecule has 0 amide bonds. The molecule has 5 heteroatoms. The van der Waals surface area contributed by atoms with E-state index in [0.29, 0.717) is 5.57 Å². The molecular formula is C24H19N2OS2+. The number of quaternary nitrogens is 1. The van der Waals surface area contributed by atoms with E-state index in [1.165, 1.54) is 0 Å². The minimum absolute atomic E-state index is 0.265. The molecular weight excluding hydrogens is 396 g/mol. The van der Waals surface area contributed by atoms with Crippen LogP contribution in [0.5, 0.6) is 0 Å². The van der Waals surface area contributed by atoms with Crippen molar-refractivity contribution < 1.29 is 4.79 Å². The molecule has 3 nitrogen and oxygen atoms in total. The van der Waals surface area contributed by atoms with Crippen LogP contribution in [0.2, 0.25) is 0 Å². The lowest BCUT2D eigenvalue weighted by molar-refractivity contribution is -0.105. The first-order valence-electron chi connectivity index (χ1n) is 9.33. The average molecular weight is 416 g/mol.